The van der Waals surface area contributed by atoms with Gasteiger partial charge in [0, 0.05) is 44.9 Å². The monoisotopic (exact) mass is 412 g/mol. The second kappa shape index (κ2) is 8.59. The standard InChI is InChI=1S/C18H28N4O5S/c1-13(2)17-19-15(27-20-17)4-3-5-16(23)21-7-9-22(10-8-21)18(24)14-6-11-28(25,26)12-14/h13-14H,3-12H2,1-2H3/t14-/m0/s1. The van der Waals surface area contributed by atoms with E-state index in [0.29, 0.717) is 63.6 Å². The Morgan fingerprint density at radius 1 is 1.18 bits per heavy atom. The van der Waals surface area contributed by atoms with E-state index in [1.165, 1.54) is 0 Å². The fourth-order valence-corrected chi connectivity index (χ4v) is 5.31. The molecule has 10 heteroatoms. The van der Waals surface area contributed by atoms with Crippen LogP contribution in [0.25, 0.3) is 0 Å². The Hall–Kier alpha value is -1.97. The van der Waals surface area contributed by atoms with Crippen LogP contribution in [0.15, 0.2) is 4.52 Å². The first kappa shape index (κ1) is 20.8. The number of aromatic nitrogens is 2. The molecule has 0 aliphatic carbocycles. The molecule has 1 atom stereocenters. The average Bonchev–Trinajstić information content (AvgIpc) is 3.27. The molecule has 0 N–H and O–H groups in total. The molecule has 2 fully saturated rings. The number of carbonyl (C=O) groups excluding carboxylic acids is 2. The summed E-state index contributed by atoms with van der Waals surface area (Å²) in [5, 5.41) is 3.91. The zero-order valence-electron chi connectivity index (χ0n) is 16.5. The summed E-state index contributed by atoms with van der Waals surface area (Å²) in [6, 6.07) is 0. The summed E-state index contributed by atoms with van der Waals surface area (Å²) in [5.74, 6) is 1.04. The van der Waals surface area contributed by atoms with Crippen molar-refractivity contribution in [1.29, 1.82) is 0 Å². The first-order valence-corrected chi connectivity index (χ1v) is 11.7. The highest BCUT2D eigenvalue weighted by molar-refractivity contribution is 7.91. The molecule has 3 heterocycles. The molecule has 1 aromatic rings. The molecular weight excluding hydrogens is 384 g/mol. The smallest absolute Gasteiger partial charge is 0.226 e. The first-order chi connectivity index (χ1) is 13.2. The van der Waals surface area contributed by atoms with E-state index in [-0.39, 0.29) is 29.2 Å². The summed E-state index contributed by atoms with van der Waals surface area (Å²) in [6.07, 6.45) is 2.01. The molecule has 0 unspecified atom stereocenters. The Morgan fingerprint density at radius 3 is 2.43 bits per heavy atom. The van der Waals surface area contributed by atoms with Crippen LogP contribution in [-0.4, -0.2) is 77.9 Å². The predicted molar refractivity (Wildman–Crippen MR) is 101 cm³/mol. The van der Waals surface area contributed by atoms with Crippen LogP contribution in [0.4, 0.5) is 0 Å². The molecular formula is C18H28N4O5S. The number of carbonyl (C=O) groups is 2. The number of rotatable bonds is 6. The van der Waals surface area contributed by atoms with Crippen LogP contribution in [-0.2, 0) is 25.8 Å². The highest BCUT2D eigenvalue weighted by Gasteiger charge is 2.36. The van der Waals surface area contributed by atoms with Crippen molar-refractivity contribution in [2.45, 2.75) is 45.4 Å². The van der Waals surface area contributed by atoms with Crippen LogP contribution >= 0.6 is 0 Å². The van der Waals surface area contributed by atoms with Crippen molar-refractivity contribution in [3.8, 4) is 0 Å². The first-order valence-electron chi connectivity index (χ1n) is 9.84. The number of hydrogen-bond donors (Lipinski definition) is 0. The summed E-state index contributed by atoms with van der Waals surface area (Å²) < 4.78 is 28.3. The largest absolute Gasteiger partial charge is 0.339 e. The molecule has 2 saturated heterocycles. The maximum Gasteiger partial charge on any atom is 0.226 e. The van der Waals surface area contributed by atoms with E-state index in [1.54, 1.807) is 9.80 Å². The van der Waals surface area contributed by atoms with Gasteiger partial charge in [0.05, 0.1) is 17.4 Å². The third kappa shape index (κ3) is 5.09. The van der Waals surface area contributed by atoms with Crippen LogP contribution in [0, 0.1) is 5.92 Å². The fraction of sp³-hybridized carbons (Fsp3) is 0.778. The summed E-state index contributed by atoms with van der Waals surface area (Å²) in [6.45, 7) is 5.89. The van der Waals surface area contributed by atoms with Gasteiger partial charge in [0.2, 0.25) is 17.7 Å². The van der Waals surface area contributed by atoms with Gasteiger partial charge in [-0.3, -0.25) is 9.59 Å². The number of sulfone groups is 1. The Bertz CT molecular complexity index is 812. The molecule has 156 valence electrons. The molecule has 0 aromatic carbocycles. The summed E-state index contributed by atoms with van der Waals surface area (Å²) in [5.41, 5.74) is 0. The summed E-state index contributed by atoms with van der Waals surface area (Å²) in [4.78, 5) is 32.6. The minimum absolute atomic E-state index is 0.0425. The molecule has 0 radical (unpaired) electrons. The summed E-state index contributed by atoms with van der Waals surface area (Å²) in [7, 11) is -3.07. The highest BCUT2D eigenvalue weighted by Crippen LogP contribution is 2.21. The quantitative estimate of drug-likeness (QED) is 0.673. The van der Waals surface area contributed by atoms with Gasteiger partial charge in [-0.05, 0) is 12.8 Å². The van der Waals surface area contributed by atoms with Crippen LogP contribution < -0.4 is 0 Å². The van der Waals surface area contributed by atoms with Crippen LogP contribution in [0.5, 0.6) is 0 Å². The lowest BCUT2D eigenvalue weighted by atomic mass is 10.1. The zero-order chi connectivity index (χ0) is 20.3. The van der Waals surface area contributed by atoms with Gasteiger partial charge in [0.15, 0.2) is 15.7 Å². The van der Waals surface area contributed by atoms with E-state index >= 15 is 0 Å². The van der Waals surface area contributed by atoms with Crippen molar-refractivity contribution in [1.82, 2.24) is 19.9 Å². The van der Waals surface area contributed by atoms with Gasteiger partial charge in [-0.1, -0.05) is 19.0 Å². The normalized spacial score (nSPS) is 22.0. The SMILES string of the molecule is CC(C)c1noc(CCCC(=O)N2CCN(C(=O)[C@H]3CCS(=O)(=O)C3)CC2)n1. The van der Waals surface area contributed by atoms with E-state index in [1.807, 2.05) is 13.8 Å². The van der Waals surface area contributed by atoms with Gasteiger partial charge in [-0.2, -0.15) is 4.98 Å². The summed E-state index contributed by atoms with van der Waals surface area (Å²) >= 11 is 0. The second-order valence-electron chi connectivity index (χ2n) is 7.86. The molecule has 9 nitrogen and oxygen atoms in total. The Kier molecular flexibility index (Phi) is 6.36. The maximum atomic E-state index is 12.5. The molecule has 2 aliphatic heterocycles. The van der Waals surface area contributed by atoms with Crippen LogP contribution in [0.1, 0.15) is 50.7 Å². The Morgan fingerprint density at radius 2 is 1.86 bits per heavy atom. The van der Waals surface area contributed by atoms with Crippen LogP contribution in [0.2, 0.25) is 0 Å². The van der Waals surface area contributed by atoms with Crippen molar-refractivity contribution < 1.29 is 22.5 Å². The number of aryl methyl sites for hydroxylation is 1. The van der Waals surface area contributed by atoms with Crippen LogP contribution in [0.3, 0.4) is 0 Å². The molecule has 1 aromatic heterocycles. The van der Waals surface area contributed by atoms with Gasteiger partial charge < -0.3 is 14.3 Å². The lowest BCUT2D eigenvalue weighted by molar-refractivity contribution is -0.141. The lowest BCUT2D eigenvalue weighted by Crippen LogP contribution is -2.52. The van der Waals surface area contributed by atoms with E-state index in [2.05, 4.69) is 10.1 Å². The van der Waals surface area contributed by atoms with E-state index in [9.17, 15) is 18.0 Å². The molecule has 2 aliphatic rings. The number of amides is 2. The Balaban J connectivity index is 1.39. The zero-order valence-corrected chi connectivity index (χ0v) is 17.3. The number of hydrogen-bond acceptors (Lipinski definition) is 7. The second-order valence-corrected chi connectivity index (χ2v) is 10.1. The molecule has 2 amide bonds. The third-order valence-electron chi connectivity index (χ3n) is 5.31. The number of nitrogens with zero attached hydrogens (tertiary/aromatic N) is 4. The highest BCUT2D eigenvalue weighted by atomic mass is 32.2. The molecule has 28 heavy (non-hydrogen) atoms. The number of piperazine rings is 1. The Labute approximate surface area is 165 Å². The van der Waals surface area contributed by atoms with Crippen molar-refractivity contribution in [3.63, 3.8) is 0 Å². The molecule has 0 saturated carbocycles. The van der Waals surface area contributed by atoms with Gasteiger partial charge in [-0.25, -0.2) is 8.42 Å². The van der Waals surface area contributed by atoms with E-state index < -0.39 is 15.8 Å². The van der Waals surface area contributed by atoms with Gasteiger partial charge >= 0.3 is 0 Å². The topological polar surface area (TPSA) is 114 Å². The van der Waals surface area contributed by atoms with Gasteiger partial charge in [0.1, 0.15) is 0 Å². The van der Waals surface area contributed by atoms with Crippen molar-refractivity contribution in [3.05, 3.63) is 11.7 Å². The third-order valence-corrected chi connectivity index (χ3v) is 7.08. The molecule has 3 rings (SSSR count). The lowest BCUT2D eigenvalue weighted by Gasteiger charge is -2.36. The average molecular weight is 413 g/mol. The maximum absolute atomic E-state index is 12.5. The molecule has 0 bridgehead atoms. The minimum atomic E-state index is -3.07. The minimum Gasteiger partial charge on any atom is -0.339 e. The van der Waals surface area contributed by atoms with Crippen molar-refractivity contribution >= 4 is 21.7 Å². The predicted octanol–water partition coefficient (Wildman–Crippen LogP) is 0.621. The van der Waals surface area contributed by atoms with E-state index in [4.69, 9.17) is 4.52 Å². The fourth-order valence-electron chi connectivity index (χ4n) is 3.58. The van der Waals surface area contributed by atoms with Gasteiger partial charge in [0.25, 0.3) is 0 Å². The van der Waals surface area contributed by atoms with Gasteiger partial charge in [-0.15, -0.1) is 0 Å². The van der Waals surface area contributed by atoms with Crippen molar-refractivity contribution in [2.75, 3.05) is 37.7 Å². The van der Waals surface area contributed by atoms with Crippen molar-refractivity contribution in [2.24, 2.45) is 5.92 Å². The molecule has 0 spiro atoms. The van der Waals surface area contributed by atoms with E-state index in [0.717, 1.165) is 0 Å².